The van der Waals surface area contributed by atoms with Gasteiger partial charge in [-0.15, -0.1) is 5.48 Å². The van der Waals surface area contributed by atoms with Crippen molar-refractivity contribution in [2.45, 2.75) is 62.8 Å². The molecule has 0 aromatic carbocycles. The topological polar surface area (TPSA) is 314 Å². The number of nitrogens with zero attached hydrogens (tertiary/aromatic N) is 3. The van der Waals surface area contributed by atoms with Crippen molar-refractivity contribution in [3.8, 4) is 0 Å². The van der Waals surface area contributed by atoms with Crippen LogP contribution in [0.5, 0.6) is 0 Å². The molecule has 2 heterocycles. The number of carboxylic acids is 1. The third-order valence-corrected chi connectivity index (χ3v) is 9.49. The average molecular weight is 749 g/mol. The van der Waals surface area contributed by atoms with E-state index in [1.54, 1.807) is 0 Å². The number of H-pyrrole nitrogens is 1. The van der Waals surface area contributed by atoms with Gasteiger partial charge >= 0.3 is 31.5 Å². The number of imidazole rings is 1. The van der Waals surface area contributed by atoms with Crippen molar-refractivity contribution in [1.29, 1.82) is 0 Å². The number of esters is 2. The van der Waals surface area contributed by atoms with Crippen molar-refractivity contribution in [1.82, 2.24) is 35.4 Å². The normalized spacial score (nSPS) is 16.3. The van der Waals surface area contributed by atoms with Crippen LogP contribution in [0.25, 0.3) is 0 Å². The molecule has 4 unspecified atom stereocenters. The van der Waals surface area contributed by atoms with E-state index < -0.39 is 105 Å². The fourth-order valence-corrected chi connectivity index (χ4v) is 5.76. The number of amides is 2. The van der Waals surface area contributed by atoms with Crippen LogP contribution < -0.4 is 21.8 Å². The van der Waals surface area contributed by atoms with E-state index in [-0.39, 0.29) is 12.8 Å². The summed E-state index contributed by atoms with van der Waals surface area (Å²) in [7, 11) is 1.91. The predicted molar refractivity (Wildman–Crippen MR) is 173 cm³/mol. The summed E-state index contributed by atoms with van der Waals surface area (Å²) < 4.78 is 30.4. The van der Waals surface area contributed by atoms with Gasteiger partial charge in [-0.25, -0.2) is 28.5 Å². The molecule has 0 aliphatic carbocycles. The number of aliphatic hydroxyl groups excluding tert-OH is 2. The van der Waals surface area contributed by atoms with Crippen molar-refractivity contribution in [3.05, 3.63) is 29.7 Å². The number of carbonyl (C=O) groups is 6. The monoisotopic (exact) mass is 748 g/mol. The number of aromatic amines is 1. The van der Waals surface area contributed by atoms with Crippen molar-refractivity contribution >= 4 is 43.4 Å². The molecule has 0 bridgehead atoms. The number of hydrogen-bond donors (Lipinski definition) is 8. The molecule has 4 atom stereocenters. The first-order valence-corrected chi connectivity index (χ1v) is 17.1. The number of cyclic esters (lactones) is 1. The van der Waals surface area contributed by atoms with Gasteiger partial charge in [-0.1, -0.05) is 0 Å². The quantitative estimate of drug-likeness (QED) is 0.0194. The van der Waals surface area contributed by atoms with E-state index in [9.17, 15) is 48.7 Å². The summed E-state index contributed by atoms with van der Waals surface area (Å²) in [5.74, 6) is -7.60. The highest BCUT2D eigenvalue weighted by Gasteiger charge is 2.45. The number of aliphatic hydroxyl groups is 2. The van der Waals surface area contributed by atoms with E-state index in [4.69, 9.17) is 24.6 Å². The van der Waals surface area contributed by atoms with Gasteiger partial charge in [-0.2, -0.15) is 0 Å². The minimum atomic E-state index is -3.77. The van der Waals surface area contributed by atoms with Crippen LogP contribution in [0.4, 0.5) is 0 Å². The van der Waals surface area contributed by atoms with Gasteiger partial charge in [0.1, 0.15) is 31.3 Å². The number of unbranched alkanes of at least 4 members (excludes halogenated alkanes) is 1. The van der Waals surface area contributed by atoms with Gasteiger partial charge in [0.15, 0.2) is 11.9 Å². The Morgan fingerprint density at radius 2 is 1.75 bits per heavy atom. The maximum Gasteiger partial charge on any atom is 0.395 e. The van der Waals surface area contributed by atoms with Crippen LogP contribution in [0.15, 0.2) is 24.0 Å². The molecule has 0 saturated heterocycles. The number of ether oxygens (including phenoxy) is 2. The summed E-state index contributed by atoms with van der Waals surface area (Å²) in [4.78, 5) is 84.8. The molecule has 286 valence electrons. The summed E-state index contributed by atoms with van der Waals surface area (Å²) in [6, 6.07) is -2.44. The molecule has 51 heavy (non-hydrogen) atoms. The van der Waals surface area contributed by atoms with E-state index >= 15 is 0 Å². The van der Waals surface area contributed by atoms with Crippen molar-refractivity contribution in [3.63, 3.8) is 0 Å². The highest BCUT2D eigenvalue weighted by molar-refractivity contribution is 7.54. The van der Waals surface area contributed by atoms with Crippen LogP contribution >= 0.6 is 7.67 Å². The van der Waals surface area contributed by atoms with Gasteiger partial charge in [-0.3, -0.25) is 19.2 Å². The van der Waals surface area contributed by atoms with Crippen molar-refractivity contribution in [2.75, 3.05) is 47.9 Å². The molecule has 22 nitrogen and oxygen atoms in total. The number of rotatable bonds is 23. The second-order valence-corrected chi connectivity index (χ2v) is 14.2. The Balaban J connectivity index is 1.79. The number of hydroxylamine groups is 1. The second-order valence-electron chi connectivity index (χ2n) is 11.4. The molecule has 23 heteroatoms. The van der Waals surface area contributed by atoms with E-state index in [0.29, 0.717) is 25.1 Å². The lowest BCUT2D eigenvalue weighted by Gasteiger charge is -2.29. The summed E-state index contributed by atoms with van der Waals surface area (Å²) in [6.45, 7) is -1.03. The fourth-order valence-electron chi connectivity index (χ4n) is 4.31. The average Bonchev–Trinajstić information content (AvgIpc) is 3.68. The zero-order valence-corrected chi connectivity index (χ0v) is 29.4. The number of hydrogen-bond acceptors (Lipinski definition) is 16. The standard InChI is InChI=1S/C28H45N8O14P/c1-35(2)51(46,36(3)4)50-25-23(41)24(48-28(25)45)19(37)14-47-21(39)8-9-22(40)49-32-13-20(38)33-17(7-5-6-10-29)26(42)34-18(27(43)44)11-16-12-30-15-31-16/h12,15,17-19,24,32,37,41H,5-11,13-14,29H2,1-4H3,(H,30,31)(H,33,38)(H,34,42)(H,43,44). The zero-order chi connectivity index (χ0) is 38.3. The Morgan fingerprint density at radius 1 is 1.08 bits per heavy atom. The van der Waals surface area contributed by atoms with E-state index in [2.05, 4.69) is 26.1 Å². The summed E-state index contributed by atoms with van der Waals surface area (Å²) in [6.07, 6.45) is -0.675. The number of aromatic nitrogens is 2. The van der Waals surface area contributed by atoms with Crippen molar-refractivity contribution < 1.29 is 67.5 Å². The van der Waals surface area contributed by atoms with Crippen LogP contribution in [-0.4, -0.2) is 142 Å². The maximum absolute atomic E-state index is 13.0. The summed E-state index contributed by atoms with van der Waals surface area (Å²) in [5.41, 5.74) is 8.09. The van der Waals surface area contributed by atoms with Gasteiger partial charge in [-0.05, 0) is 54.0 Å². The van der Waals surface area contributed by atoms with Crippen LogP contribution in [0, 0.1) is 0 Å². The van der Waals surface area contributed by atoms with Crippen LogP contribution in [-0.2, 0) is 58.6 Å². The van der Waals surface area contributed by atoms with Crippen LogP contribution in [0.3, 0.4) is 0 Å². The SMILES string of the molecule is CN(C)P(=O)(OC1=C(O)C(C(O)COC(=O)CCC(=O)ONCC(=O)NC(CCCCN)C(=O)NC(Cc2cnc[nH]2)C(=O)O)OC1=O)N(C)C. The van der Waals surface area contributed by atoms with Crippen molar-refractivity contribution in [2.24, 2.45) is 5.73 Å². The lowest BCUT2D eigenvalue weighted by Crippen LogP contribution is -2.53. The Morgan fingerprint density at radius 3 is 2.33 bits per heavy atom. The lowest BCUT2D eigenvalue weighted by atomic mass is 10.1. The molecule has 0 spiro atoms. The van der Waals surface area contributed by atoms with Gasteiger partial charge in [0.05, 0.1) is 19.2 Å². The first-order chi connectivity index (χ1) is 24.0. The minimum absolute atomic E-state index is 0.0805. The molecule has 1 aromatic heterocycles. The Bertz CT molecular complexity index is 1440. The summed E-state index contributed by atoms with van der Waals surface area (Å²) >= 11 is 0. The number of aliphatic carboxylic acids is 1. The third kappa shape index (κ3) is 13.2. The molecular weight excluding hydrogens is 703 g/mol. The smallest absolute Gasteiger partial charge is 0.395 e. The largest absolute Gasteiger partial charge is 0.505 e. The Kier molecular flexibility index (Phi) is 16.9. The first kappa shape index (κ1) is 42.6. The van der Waals surface area contributed by atoms with Crippen LogP contribution in [0.1, 0.15) is 37.8 Å². The van der Waals surface area contributed by atoms with Gasteiger partial charge in [0.2, 0.25) is 11.8 Å². The van der Waals surface area contributed by atoms with Gasteiger partial charge in [0, 0.05) is 18.3 Å². The highest BCUT2D eigenvalue weighted by atomic mass is 31.2. The molecule has 1 aliphatic rings. The molecule has 9 N–H and O–H groups in total. The fraction of sp³-hybridized carbons (Fsp3) is 0.607. The Labute approximate surface area is 292 Å². The molecule has 2 rings (SSSR count). The van der Waals surface area contributed by atoms with Gasteiger partial charge in [0.25, 0.3) is 5.76 Å². The minimum Gasteiger partial charge on any atom is -0.505 e. The third-order valence-electron chi connectivity index (χ3n) is 7.05. The number of nitrogens with one attached hydrogen (secondary N) is 4. The van der Waals surface area contributed by atoms with E-state index in [0.717, 1.165) is 0 Å². The molecule has 0 saturated carbocycles. The van der Waals surface area contributed by atoms with E-state index in [1.165, 1.54) is 50.1 Å². The first-order valence-electron chi connectivity index (χ1n) is 15.6. The predicted octanol–water partition coefficient (Wildman–Crippen LogP) is -2.19. The maximum atomic E-state index is 13.0. The number of nitrogens with two attached hydrogens (primary N) is 1. The molecule has 1 aliphatic heterocycles. The molecule has 0 fully saturated rings. The zero-order valence-electron chi connectivity index (χ0n) is 28.5. The lowest BCUT2D eigenvalue weighted by molar-refractivity contribution is -0.159. The molecule has 1 aromatic rings. The number of carboxylic acid groups (broad SMARTS) is 1. The Hall–Kier alpha value is -4.60. The van der Waals surface area contributed by atoms with Crippen LogP contribution in [0.2, 0.25) is 0 Å². The highest BCUT2D eigenvalue weighted by Crippen LogP contribution is 2.53. The molecular formula is C28H45N8O14P. The molecule has 2 amide bonds. The van der Waals surface area contributed by atoms with E-state index in [1.807, 2.05) is 0 Å². The molecule has 0 radical (unpaired) electrons. The number of carbonyl (C=O) groups excluding carboxylic acids is 5. The summed E-state index contributed by atoms with van der Waals surface area (Å²) in [5, 5.41) is 35.1. The second kappa shape index (κ2) is 20.3. The van der Waals surface area contributed by atoms with Gasteiger partial charge < -0.3 is 55.5 Å².